The Bertz CT molecular complexity index is 281. The van der Waals surface area contributed by atoms with Crippen molar-refractivity contribution in [3.8, 4) is 0 Å². The summed E-state index contributed by atoms with van der Waals surface area (Å²) < 4.78 is 6.27. The lowest BCUT2D eigenvalue weighted by molar-refractivity contribution is 0.141. The molecule has 0 saturated carbocycles. The Labute approximate surface area is 99.4 Å². The minimum atomic E-state index is 0.730. The molecule has 0 aliphatic carbocycles. The summed E-state index contributed by atoms with van der Waals surface area (Å²) in [6, 6.07) is 5.80. The Hall–Kier alpha value is -0.610. The van der Waals surface area contributed by atoms with E-state index in [1.807, 2.05) is 18.2 Å². The highest BCUT2D eigenvalue weighted by Gasteiger charge is 1.93. The summed E-state index contributed by atoms with van der Waals surface area (Å²) in [5, 5.41) is 3.20. The van der Waals surface area contributed by atoms with E-state index in [1.165, 1.54) is 6.42 Å². The molecule has 0 amide bonds. The first-order chi connectivity index (χ1) is 7.33. The third-order valence-electron chi connectivity index (χ3n) is 1.91. The largest absolute Gasteiger partial charge is 0.380 e. The summed E-state index contributed by atoms with van der Waals surface area (Å²) >= 11 is 3.32. The lowest BCUT2D eigenvalue weighted by Crippen LogP contribution is -2.10. The Morgan fingerprint density at radius 1 is 1.40 bits per heavy atom. The summed E-state index contributed by atoms with van der Waals surface area (Å²) in [7, 11) is 0. The van der Waals surface area contributed by atoms with Crippen molar-refractivity contribution in [2.45, 2.75) is 19.8 Å². The maximum Gasteiger partial charge on any atom is 0.127 e. The van der Waals surface area contributed by atoms with Gasteiger partial charge in [0, 0.05) is 13.2 Å². The summed E-state index contributed by atoms with van der Waals surface area (Å²) in [4.78, 5) is 4.26. The molecule has 0 spiro atoms. The van der Waals surface area contributed by atoms with E-state index in [1.54, 1.807) is 0 Å². The van der Waals surface area contributed by atoms with E-state index in [2.05, 4.69) is 33.2 Å². The normalized spacial score (nSPS) is 10.3. The number of nitrogens with one attached hydrogen (secondary N) is 1. The molecule has 0 aromatic carbocycles. The standard InChI is InChI=1S/C11H17BrN2O/c1-2-3-8-15-9-7-13-11-6-4-5-10(12)14-11/h4-6H,2-3,7-9H2,1H3,(H,13,14). The number of unbranched alkanes of at least 4 members (excludes halogenated alkanes) is 1. The maximum absolute atomic E-state index is 5.42. The highest BCUT2D eigenvalue weighted by atomic mass is 79.9. The first-order valence-corrected chi connectivity index (χ1v) is 6.06. The summed E-state index contributed by atoms with van der Waals surface area (Å²) in [6.07, 6.45) is 2.32. The molecule has 0 atom stereocenters. The van der Waals surface area contributed by atoms with Crippen molar-refractivity contribution in [3.05, 3.63) is 22.8 Å². The van der Waals surface area contributed by atoms with Crippen LogP contribution in [0.3, 0.4) is 0 Å². The van der Waals surface area contributed by atoms with Crippen LogP contribution in [0.15, 0.2) is 22.8 Å². The molecule has 3 nitrogen and oxygen atoms in total. The molecule has 0 radical (unpaired) electrons. The zero-order valence-corrected chi connectivity index (χ0v) is 10.6. The zero-order valence-electron chi connectivity index (χ0n) is 9.00. The van der Waals surface area contributed by atoms with E-state index in [0.717, 1.165) is 36.6 Å². The first kappa shape index (κ1) is 12.5. The molecule has 1 aromatic rings. The average molecular weight is 273 g/mol. The number of ether oxygens (including phenoxy) is 1. The van der Waals surface area contributed by atoms with Crippen molar-refractivity contribution >= 4 is 21.7 Å². The van der Waals surface area contributed by atoms with E-state index in [9.17, 15) is 0 Å². The van der Waals surface area contributed by atoms with Gasteiger partial charge in [-0.1, -0.05) is 19.4 Å². The van der Waals surface area contributed by atoms with Gasteiger partial charge in [-0.05, 0) is 34.5 Å². The van der Waals surface area contributed by atoms with E-state index in [-0.39, 0.29) is 0 Å². The van der Waals surface area contributed by atoms with Crippen LogP contribution in [-0.2, 0) is 4.74 Å². The quantitative estimate of drug-likeness (QED) is 0.612. The number of pyridine rings is 1. The molecule has 1 heterocycles. The molecule has 1 rings (SSSR count). The molecular formula is C11H17BrN2O. The topological polar surface area (TPSA) is 34.1 Å². The summed E-state index contributed by atoms with van der Waals surface area (Å²) in [5.41, 5.74) is 0. The van der Waals surface area contributed by atoms with Crippen molar-refractivity contribution in [2.75, 3.05) is 25.1 Å². The number of rotatable bonds is 7. The smallest absolute Gasteiger partial charge is 0.127 e. The van der Waals surface area contributed by atoms with E-state index in [4.69, 9.17) is 4.74 Å². The highest BCUT2D eigenvalue weighted by Crippen LogP contribution is 2.09. The fraction of sp³-hybridized carbons (Fsp3) is 0.545. The van der Waals surface area contributed by atoms with Crippen LogP contribution >= 0.6 is 15.9 Å². The van der Waals surface area contributed by atoms with Gasteiger partial charge in [0.2, 0.25) is 0 Å². The molecule has 0 aliphatic rings. The van der Waals surface area contributed by atoms with Crippen LogP contribution < -0.4 is 5.32 Å². The van der Waals surface area contributed by atoms with E-state index < -0.39 is 0 Å². The number of hydrogen-bond acceptors (Lipinski definition) is 3. The van der Waals surface area contributed by atoms with Crippen molar-refractivity contribution in [3.63, 3.8) is 0 Å². The molecule has 0 saturated heterocycles. The van der Waals surface area contributed by atoms with Crippen molar-refractivity contribution in [1.82, 2.24) is 4.98 Å². The van der Waals surface area contributed by atoms with Crippen LogP contribution in [0.25, 0.3) is 0 Å². The summed E-state index contributed by atoms with van der Waals surface area (Å²) in [5.74, 6) is 0.878. The van der Waals surface area contributed by atoms with Gasteiger partial charge in [-0.25, -0.2) is 4.98 Å². The van der Waals surface area contributed by atoms with Crippen LogP contribution in [-0.4, -0.2) is 24.7 Å². The lowest BCUT2D eigenvalue weighted by atomic mass is 10.4. The van der Waals surface area contributed by atoms with Gasteiger partial charge in [0.15, 0.2) is 0 Å². The van der Waals surface area contributed by atoms with Gasteiger partial charge in [0.25, 0.3) is 0 Å². The van der Waals surface area contributed by atoms with Gasteiger partial charge in [0.05, 0.1) is 6.61 Å². The lowest BCUT2D eigenvalue weighted by Gasteiger charge is -2.06. The van der Waals surface area contributed by atoms with Gasteiger partial charge < -0.3 is 10.1 Å². The minimum absolute atomic E-state index is 0.730. The molecule has 1 aromatic heterocycles. The second-order valence-corrected chi connectivity index (χ2v) is 4.05. The van der Waals surface area contributed by atoms with Crippen LogP contribution in [0.5, 0.6) is 0 Å². The number of anilines is 1. The number of nitrogens with zero attached hydrogens (tertiary/aromatic N) is 1. The first-order valence-electron chi connectivity index (χ1n) is 5.27. The third-order valence-corrected chi connectivity index (χ3v) is 2.35. The van der Waals surface area contributed by atoms with Crippen molar-refractivity contribution in [1.29, 1.82) is 0 Å². The molecule has 15 heavy (non-hydrogen) atoms. The molecule has 0 fully saturated rings. The molecule has 0 unspecified atom stereocenters. The van der Waals surface area contributed by atoms with Crippen LogP contribution in [0.2, 0.25) is 0 Å². The van der Waals surface area contributed by atoms with E-state index >= 15 is 0 Å². The minimum Gasteiger partial charge on any atom is -0.380 e. The Morgan fingerprint density at radius 2 is 2.27 bits per heavy atom. The second-order valence-electron chi connectivity index (χ2n) is 3.24. The highest BCUT2D eigenvalue weighted by molar-refractivity contribution is 9.10. The van der Waals surface area contributed by atoms with Crippen LogP contribution in [0.4, 0.5) is 5.82 Å². The van der Waals surface area contributed by atoms with Gasteiger partial charge >= 0.3 is 0 Å². The fourth-order valence-electron chi connectivity index (χ4n) is 1.11. The molecular weight excluding hydrogens is 256 g/mol. The fourth-order valence-corrected chi connectivity index (χ4v) is 1.45. The average Bonchev–Trinajstić information content (AvgIpc) is 2.23. The van der Waals surface area contributed by atoms with Crippen molar-refractivity contribution in [2.24, 2.45) is 0 Å². The summed E-state index contributed by atoms with van der Waals surface area (Å²) in [6.45, 7) is 4.54. The Morgan fingerprint density at radius 3 is 3.00 bits per heavy atom. The predicted octanol–water partition coefficient (Wildman–Crippen LogP) is 3.07. The number of hydrogen-bond donors (Lipinski definition) is 1. The van der Waals surface area contributed by atoms with Gasteiger partial charge in [-0.15, -0.1) is 0 Å². The molecule has 84 valence electrons. The SMILES string of the molecule is CCCCOCCNc1cccc(Br)n1. The van der Waals surface area contributed by atoms with Crippen LogP contribution in [0.1, 0.15) is 19.8 Å². The van der Waals surface area contributed by atoms with Crippen molar-refractivity contribution < 1.29 is 4.74 Å². The van der Waals surface area contributed by atoms with Gasteiger partial charge in [-0.3, -0.25) is 0 Å². The Kier molecular flexibility index (Phi) is 6.36. The maximum atomic E-state index is 5.42. The second kappa shape index (κ2) is 7.65. The van der Waals surface area contributed by atoms with Crippen LogP contribution in [0, 0.1) is 0 Å². The molecule has 4 heteroatoms. The van der Waals surface area contributed by atoms with Gasteiger partial charge in [0.1, 0.15) is 10.4 Å². The molecule has 0 bridgehead atoms. The zero-order chi connectivity index (χ0) is 10.9. The van der Waals surface area contributed by atoms with Gasteiger partial charge in [-0.2, -0.15) is 0 Å². The predicted molar refractivity (Wildman–Crippen MR) is 66.2 cm³/mol. The monoisotopic (exact) mass is 272 g/mol. The molecule has 0 aliphatic heterocycles. The van der Waals surface area contributed by atoms with E-state index in [0.29, 0.717) is 0 Å². The molecule has 1 N–H and O–H groups in total. The Balaban J connectivity index is 2.10. The third kappa shape index (κ3) is 5.74. The number of halogens is 1. The number of aromatic nitrogens is 1.